The van der Waals surface area contributed by atoms with E-state index in [1.165, 1.54) is 0 Å². The molecule has 7 nitrogen and oxygen atoms in total. The molecule has 0 radical (unpaired) electrons. The van der Waals surface area contributed by atoms with E-state index < -0.39 is 0 Å². The summed E-state index contributed by atoms with van der Waals surface area (Å²) in [7, 11) is 1.77. The third-order valence-electron chi connectivity index (χ3n) is 3.76. The summed E-state index contributed by atoms with van der Waals surface area (Å²) in [6.45, 7) is 5.35. The summed E-state index contributed by atoms with van der Waals surface area (Å²) in [5.41, 5.74) is -0.302. The first-order valence-corrected chi connectivity index (χ1v) is 8.43. The lowest BCUT2D eigenvalue weighted by molar-refractivity contribution is -0.132. The average molecular weight is 341 g/mol. The van der Waals surface area contributed by atoms with Gasteiger partial charge >= 0.3 is 0 Å². The molecule has 0 saturated carbocycles. The molecule has 0 aliphatic heterocycles. The van der Waals surface area contributed by atoms with Gasteiger partial charge in [0.1, 0.15) is 6.29 Å². The van der Waals surface area contributed by atoms with Crippen LogP contribution in [0.4, 0.5) is 0 Å². The molecule has 3 amide bonds. The lowest BCUT2D eigenvalue weighted by Gasteiger charge is -2.25. The summed E-state index contributed by atoms with van der Waals surface area (Å²) >= 11 is 0. The smallest absolute Gasteiger partial charge is 0.222 e. The van der Waals surface area contributed by atoms with Crippen molar-refractivity contribution in [2.24, 2.45) is 5.41 Å². The Morgan fingerprint density at radius 3 is 2.42 bits per heavy atom. The van der Waals surface area contributed by atoms with E-state index in [9.17, 15) is 19.2 Å². The maximum absolute atomic E-state index is 12.1. The van der Waals surface area contributed by atoms with Crippen molar-refractivity contribution >= 4 is 24.5 Å². The maximum atomic E-state index is 12.1. The Morgan fingerprint density at radius 1 is 1.08 bits per heavy atom. The zero-order chi connectivity index (χ0) is 18.4. The summed E-state index contributed by atoms with van der Waals surface area (Å²) in [6, 6.07) is 0. The lowest BCUT2D eigenvalue weighted by Crippen LogP contribution is -2.32. The second-order valence-electron chi connectivity index (χ2n) is 6.76. The second kappa shape index (κ2) is 12.5. The van der Waals surface area contributed by atoms with Gasteiger partial charge < -0.3 is 20.3 Å². The van der Waals surface area contributed by atoms with Crippen LogP contribution in [0.2, 0.25) is 0 Å². The number of nitrogens with zero attached hydrogens (tertiary/aromatic N) is 1. The standard InChI is InChI=1S/C17H31N3O4/c1-17(2,8-12-21)13-16(24)20(3)11-6-4-5-7-15(23)19-10-9-18-14-22/h12,14H,4-11,13H2,1-3H3,(H,18,22)(H,19,23). The van der Waals surface area contributed by atoms with Gasteiger partial charge in [-0.3, -0.25) is 14.4 Å². The summed E-state index contributed by atoms with van der Waals surface area (Å²) in [5, 5.41) is 5.19. The molecule has 0 atom stereocenters. The van der Waals surface area contributed by atoms with Crippen LogP contribution in [0.1, 0.15) is 52.4 Å². The van der Waals surface area contributed by atoms with Crippen LogP contribution in [0.15, 0.2) is 0 Å². The van der Waals surface area contributed by atoms with E-state index in [1.54, 1.807) is 11.9 Å². The predicted molar refractivity (Wildman–Crippen MR) is 92.3 cm³/mol. The molecule has 0 heterocycles. The van der Waals surface area contributed by atoms with Gasteiger partial charge in [-0.1, -0.05) is 20.3 Å². The highest BCUT2D eigenvalue weighted by Crippen LogP contribution is 2.24. The van der Waals surface area contributed by atoms with Gasteiger partial charge in [0.15, 0.2) is 0 Å². The minimum atomic E-state index is -0.302. The molecule has 0 spiro atoms. The van der Waals surface area contributed by atoms with Crippen LogP contribution in [0.3, 0.4) is 0 Å². The topological polar surface area (TPSA) is 95.6 Å². The number of hydrogen-bond acceptors (Lipinski definition) is 4. The molecule has 0 bridgehead atoms. The predicted octanol–water partition coefficient (Wildman–Crippen LogP) is 0.873. The number of hydrogen-bond donors (Lipinski definition) is 2. The Balaban J connectivity index is 3.76. The molecule has 2 N–H and O–H groups in total. The van der Waals surface area contributed by atoms with E-state index in [0.717, 1.165) is 25.5 Å². The van der Waals surface area contributed by atoms with E-state index in [-0.39, 0.29) is 17.2 Å². The SMILES string of the molecule is CN(CCCCCC(=O)NCCNC=O)C(=O)CC(C)(C)CC=O. The van der Waals surface area contributed by atoms with Crippen molar-refractivity contribution in [1.29, 1.82) is 0 Å². The minimum Gasteiger partial charge on any atom is -0.357 e. The normalized spacial score (nSPS) is 10.8. The van der Waals surface area contributed by atoms with Crippen LogP contribution < -0.4 is 10.6 Å². The zero-order valence-corrected chi connectivity index (χ0v) is 15.1. The van der Waals surface area contributed by atoms with Gasteiger partial charge in [0.25, 0.3) is 0 Å². The largest absolute Gasteiger partial charge is 0.357 e. The first kappa shape index (κ1) is 22.1. The van der Waals surface area contributed by atoms with E-state index in [0.29, 0.717) is 45.3 Å². The van der Waals surface area contributed by atoms with Crippen LogP contribution >= 0.6 is 0 Å². The Kier molecular flexibility index (Phi) is 11.5. The molecule has 0 aromatic carbocycles. The number of unbranched alkanes of at least 4 members (excludes halogenated alkanes) is 2. The summed E-state index contributed by atoms with van der Waals surface area (Å²) in [5.74, 6) is 0.0185. The third-order valence-corrected chi connectivity index (χ3v) is 3.76. The van der Waals surface area contributed by atoms with Crippen LogP contribution in [-0.2, 0) is 19.2 Å². The minimum absolute atomic E-state index is 0.0252. The van der Waals surface area contributed by atoms with Crippen LogP contribution in [0.25, 0.3) is 0 Å². The quantitative estimate of drug-likeness (QED) is 0.362. The fourth-order valence-corrected chi connectivity index (χ4v) is 2.20. The van der Waals surface area contributed by atoms with Crippen molar-refractivity contribution in [3.63, 3.8) is 0 Å². The van der Waals surface area contributed by atoms with Gasteiger partial charge in [0, 0.05) is 45.9 Å². The Labute approximate surface area is 144 Å². The number of amides is 3. The van der Waals surface area contributed by atoms with Gasteiger partial charge in [-0.25, -0.2) is 0 Å². The highest BCUT2D eigenvalue weighted by molar-refractivity contribution is 5.77. The van der Waals surface area contributed by atoms with Crippen LogP contribution in [0, 0.1) is 5.41 Å². The molecular formula is C17H31N3O4. The monoisotopic (exact) mass is 341 g/mol. The summed E-state index contributed by atoms with van der Waals surface area (Å²) in [6.07, 6.45) is 5.13. The van der Waals surface area contributed by atoms with Gasteiger partial charge in [-0.05, 0) is 18.3 Å². The first-order chi connectivity index (χ1) is 11.3. The van der Waals surface area contributed by atoms with Crippen molar-refractivity contribution in [2.45, 2.75) is 52.4 Å². The number of carbonyl (C=O) groups is 4. The van der Waals surface area contributed by atoms with E-state index in [2.05, 4.69) is 10.6 Å². The summed E-state index contributed by atoms with van der Waals surface area (Å²) < 4.78 is 0. The molecule has 0 aliphatic carbocycles. The molecule has 24 heavy (non-hydrogen) atoms. The van der Waals surface area contributed by atoms with Crippen molar-refractivity contribution in [1.82, 2.24) is 15.5 Å². The van der Waals surface area contributed by atoms with Gasteiger partial charge in [-0.2, -0.15) is 0 Å². The Morgan fingerprint density at radius 2 is 1.79 bits per heavy atom. The van der Waals surface area contributed by atoms with E-state index >= 15 is 0 Å². The zero-order valence-electron chi connectivity index (χ0n) is 15.1. The molecule has 7 heteroatoms. The molecular weight excluding hydrogens is 310 g/mol. The van der Waals surface area contributed by atoms with Crippen LogP contribution in [-0.4, -0.2) is 56.1 Å². The number of aldehydes is 1. The Hall–Kier alpha value is -1.92. The van der Waals surface area contributed by atoms with E-state index in [4.69, 9.17) is 0 Å². The molecule has 0 rings (SSSR count). The number of carbonyl (C=O) groups excluding carboxylic acids is 4. The Bertz CT molecular complexity index is 411. The fraction of sp³-hybridized carbons (Fsp3) is 0.765. The van der Waals surface area contributed by atoms with Crippen LogP contribution in [0.5, 0.6) is 0 Å². The lowest BCUT2D eigenvalue weighted by atomic mass is 9.86. The molecule has 0 aromatic heterocycles. The highest BCUT2D eigenvalue weighted by Gasteiger charge is 2.23. The molecule has 0 unspecified atom stereocenters. The third kappa shape index (κ3) is 11.6. The summed E-state index contributed by atoms with van der Waals surface area (Å²) in [4.78, 5) is 45.9. The van der Waals surface area contributed by atoms with Crippen molar-refractivity contribution < 1.29 is 19.2 Å². The van der Waals surface area contributed by atoms with Crippen molar-refractivity contribution in [3.05, 3.63) is 0 Å². The van der Waals surface area contributed by atoms with E-state index in [1.807, 2.05) is 13.8 Å². The highest BCUT2D eigenvalue weighted by atomic mass is 16.2. The molecule has 0 aliphatic rings. The van der Waals surface area contributed by atoms with Crippen molar-refractivity contribution in [2.75, 3.05) is 26.7 Å². The number of nitrogens with one attached hydrogen (secondary N) is 2. The van der Waals surface area contributed by atoms with Gasteiger partial charge in [0.05, 0.1) is 0 Å². The van der Waals surface area contributed by atoms with Gasteiger partial charge in [-0.15, -0.1) is 0 Å². The average Bonchev–Trinajstić information content (AvgIpc) is 2.50. The molecule has 0 saturated heterocycles. The van der Waals surface area contributed by atoms with Crippen molar-refractivity contribution in [3.8, 4) is 0 Å². The molecule has 138 valence electrons. The fourth-order valence-electron chi connectivity index (χ4n) is 2.20. The maximum Gasteiger partial charge on any atom is 0.222 e. The molecule has 0 aromatic rings. The first-order valence-electron chi connectivity index (χ1n) is 8.43. The molecule has 0 fully saturated rings. The van der Waals surface area contributed by atoms with Gasteiger partial charge in [0.2, 0.25) is 18.2 Å². The number of rotatable bonds is 14. The second-order valence-corrected chi connectivity index (χ2v) is 6.76.